The second-order valence-corrected chi connectivity index (χ2v) is 10.7. The largest absolute Gasteiger partial charge is 0.345 e. The highest BCUT2D eigenvalue weighted by molar-refractivity contribution is 8.00. The van der Waals surface area contributed by atoms with E-state index in [1.54, 1.807) is 16.7 Å². The summed E-state index contributed by atoms with van der Waals surface area (Å²) in [5.41, 5.74) is 4.15. The van der Waals surface area contributed by atoms with Crippen molar-refractivity contribution >= 4 is 66.7 Å². The Balaban J connectivity index is 1.26. The highest BCUT2D eigenvalue weighted by Crippen LogP contribution is 2.42. The van der Waals surface area contributed by atoms with E-state index in [1.165, 1.54) is 28.2 Å². The fraction of sp³-hybridized carbons (Fsp3) is 0.182. The van der Waals surface area contributed by atoms with Crippen LogP contribution in [0.5, 0.6) is 0 Å². The summed E-state index contributed by atoms with van der Waals surface area (Å²) in [6.07, 6.45) is 0. The number of aromatic amines is 1. The van der Waals surface area contributed by atoms with Gasteiger partial charge < -0.3 is 4.98 Å². The van der Waals surface area contributed by atoms with Crippen LogP contribution in [0, 0.1) is 6.92 Å². The second-order valence-electron chi connectivity index (χ2n) is 7.57. The van der Waals surface area contributed by atoms with Crippen LogP contribution in [0.3, 0.4) is 0 Å². The molecule has 33 heavy (non-hydrogen) atoms. The van der Waals surface area contributed by atoms with Gasteiger partial charge in [-0.15, -0.1) is 32.2 Å². The van der Waals surface area contributed by atoms with Crippen molar-refractivity contribution in [1.29, 1.82) is 0 Å². The third-order valence-corrected chi connectivity index (χ3v) is 8.33. The van der Waals surface area contributed by atoms with Gasteiger partial charge in [-0.25, -0.2) is 4.99 Å². The number of amides is 1. The number of nitrogens with zero attached hydrogens (tertiary/aromatic N) is 6. The molecule has 164 valence electrons. The zero-order valence-electron chi connectivity index (χ0n) is 17.4. The number of nitrogens with one attached hydrogen (secondary N) is 1. The molecule has 1 aliphatic rings. The molecule has 1 aliphatic heterocycles. The van der Waals surface area contributed by atoms with Crippen LogP contribution in [-0.4, -0.2) is 37.0 Å². The lowest BCUT2D eigenvalue weighted by molar-refractivity contribution is -0.115. The topological polar surface area (TPSA) is 100 Å². The fourth-order valence-electron chi connectivity index (χ4n) is 3.69. The third-order valence-electron chi connectivity index (χ3n) is 5.32. The van der Waals surface area contributed by atoms with Crippen molar-refractivity contribution in [2.24, 2.45) is 4.99 Å². The number of thioether (sulfide) groups is 1. The lowest BCUT2D eigenvalue weighted by Gasteiger charge is -2.21. The first-order valence-electron chi connectivity index (χ1n) is 10.2. The molecule has 6 rings (SSSR count). The predicted octanol–water partition coefficient (Wildman–Crippen LogP) is 4.21. The molecule has 1 N–H and O–H groups in total. The Kier molecular flexibility index (Phi) is 5.16. The van der Waals surface area contributed by atoms with E-state index in [0.29, 0.717) is 22.2 Å². The number of H-pyrrole nitrogens is 1. The maximum atomic E-state index is 12.6. The number of rotatable bonds is 4. The van der Waals surface area contributed by atoms with Crippen molar-refractivity contribution in [3.05, 3.63) is 69.5 Å². The Morgan fingerprint density at radius 3 is 2.79 bits per heavy atom. The van der Waals surface area contributed by atoms with Gasteiger partial charge in [0.2, 0.25) is 15.8 Å². The van der Waals surface area contributed by atoms with Gasteiger partial charge in [0.15, 0.2) is 0 Å². The van der Waals surface area contributed by atoms with E-state index >= 15 is 0 Å². The Bertz CT molecular complexity index is 1550. The van der Waals surface area contributed by atoms with Gasteiger partial charge in [0.05, 0.1) is 12.3 Å². The summed E-state index contributed by atoms with van der Waals surface area (Å²) in [5, 5.41) is 19.5. The minimum atomic E-state index is -0.0895. The van der Waals surface area contributed by atoms with E-state index in [1.807, 2.05) is 24.3 Å². The second kappa shape index (κ2) is 8.32. The average molecular weight is 492 g/mol. The monoisotopic (exact) mass is 491 g/mol. The van der Waals surface area contributed by atoms with Gasteiger partial charge in [0.1, 0.15) is 20.7 Å². The molecule has 2 aromatic carbocycles. The first-order chi connectivity index (χ1) is 16.2. The molecule has 5 aromatic rings. The zero-order valence-corrected chi connectivity index (χ0v) is 19.9. The molecule has 1 amide bonds. The summed E-state index contributed by atoms with van der Waals surface area (Å²) in [5.74, 6) is 0.474. The van der Waals surface area contributed by atoms with E-state index in [9.17, 15) is 4.79 Å². The summed E-state index contributed by atoms with van der Waals surface area (Å²) in [4.78, 5) is 23.8. The van der Waals surface area contributed by atoms with E-state index in [2.05, 4.69) is 61.6 Å². The molecule has 1 unspecified atom stereocenters. The SMILES string of the molecule is Cc1ccc(C2SCC(=O)N2c2nnc(CN=c3nnc4c([nH]c5ccccc54)s3)s2)cc1. The number of aromatic nitrogens is 5. The maximum absolute atomic E-state index is 12.6. The van der Waals surface area contributed by atoms with Gasteiger partial charge in [0.25, 0.3) is 0 Å². The van der Waals surface area contributed by atoms with E-state index in [0.717, 1.165) is 31.8 Å². The molecule has 1 fully saturated rings. The Morgan fingerprint density at radius 2 is 1.91 bits per heavy atom. The van der Waals surface area contributed by atoms with Gasteiger partial charge in [-0.2, -0.15) is 0 Å². The van der Waals surface area contributed by atoms with Crippen LogP contribution < -0.4 is 9.70 Å². The normalized spacial score (nSPS) is 17.0. The fourth-order valence-corrected chi connectivity index (χ4v) is 6.53. The number of hydrogen-bond donors (Lipinski definition) is 1. The summed E-state index contributed by atoms with van der Waals surface area (Å²) in [6, 6.07) is 16.3. The first-order valence-corrected chi connectivity index (χ1v) is 12.9. The number of hydrogen-bond acceptors (Lipinski definition) is 9. The van der Waals surface area contributed by atoms with E-state index in [-0.39, 0.29) is 11.3 Å². The molecule has 0 bridgehead atoms. The lowest BCUT2D eigenvalue weighted by Crippen LogP contribution is -2.27. The van der Waals surface area contributed by atoms with Crippen LogP contribution >= 0.6 is 34.4 Å². The van der Waals surface area contributed by atoms with Crippen LogP contribution in [0.2, 0.25) is 0 Å². The van der Waals surface area contributed by atoms with E-state index < -0.39 is 0 Å². The van der Waals surface area contributed by atoms with Crippen molar-refractivity contribution in [2.45, 2.75) is 18.8 Å². The molecule has 0 aliphatic carbocycles. The maximum Gasteiger partial charge on any atom is 0.240 e. The molecule has 0 spiro atoms. The number of fused-ring (bicyclic) bond motifs is 3. The Hall–Kier alpha value is -3.15. The minimum Gasteiger partial charge on any atom is -0.345 e. The number of para-hydroxylation sites is 1. The molecule has 4 heterocycles. The molecule has 11 heteroatoms. The molecular weight excluding hydrogens is 474 g/mol. The van der Waals surface area contributed by atoms with Crippen molar-refractivity contribution in [3.8, 4) is 0 Å². The van der Waals surface area contributed by atoms with Crippen molar-refractivity contribution in [1.82, 2.24) is 25.4 Å². The number of carbonyl (C=O) groups is 1. The number of aryl methyl sites for hydroxylation is 1. The number of benzene rings is 2. The molecule has 3 aromatic heterocycles. The summed E-state index contributed by atoms with van der Waals surface area (Å²) in [7, 11) is 0. The highest BCUT2D eigenvalue weighted by atomic mass is 32.2. The Morgan fingerprint density at radius 1 is 1.06 bits per heavy atom. The smallest absolute Gasteiger partial charge is 0.240 e. The molecule has 1 atom stereocenters. The molecular formula is C22H17N7OS3. The minimum absolute atomic E-state index is 0.0440. The van der Waals surface area contributed by atoms with Gasteiger partial charge in [-0.1, -0.05) is 70.7 Å². The van der Waals surface area contributed by atoms with Crippen LogP contribution in [0.4, 0.5) is 5.13 Å². The van der Waals surface area contributed by atoms with Gasteiger partial charge in [-0.05, 0) is 18.6 Å². The highest BCUT2D eigenvalue weighted by Gasteiger charge is 2.36. The predicted molar refractivity (Wildman–Crippen MR) is 132 cm³/mol. The summed E-state index contributed by atoms with van der Waals surface area (Å²) < 4.78 is 0. The van der Waals surface area contributed by atoms with Gasteiger partial charge in [0, 0.05) is 10.9 Å². The van der Waals surface area contributed by atoms with Crippen LogP contribution in [0.1, 0.15) is 21.5 Å². The van der Waals surface area contributed by atoms with Crippen molar-refractivity contribution in [3.63, 3.8) is 0 Å². The summed E-state index contributed by atoms with van der Waals surface area (Å²) >= 11 is 4.45. The van der Waals surface area contributed by atoms with Crippen molar-refractivity contribution < 1.29 is 4.79 Å². The average Bonchev–Trinajstić information content (AvgIpc) is 3.54. The van der Waals surface area contributed by atoms with Crippen LogP contribution in [-0.2, 0) is 11.3 Å². The number of carbonyl (C=O) groups excluding carboxylic acids is 1. The van der Waals surface area contributed by atoms with Crippen molar-refractivity contribution in [2.75, 3.05) is 10.7 Å². The molecule has 8 nitrogen and oxygen atoms in total. The van der Waals surface area contributed by atoms with Crippen LogP contribution in [0.15, 0.2) is 53.5 Å². The standard InChI is InChI=1S/C22H17N7OS3/c1-12-6-8-13(9-7-12)20-29(17(30)11-31-20)22-28-25-16(32-22)10-23-21-27-26-18-14-4-2-3-5-15(14)24-19(18)33-21/h2-9,20,24H,10-11H2,1H3. The van der Waals surface area contributed by atoms with Gasteiger partial charge in [-0.3, -0.25) is 9.69 Å². The third kappa shape index (κ3) is 3.81. The number of anilines is 1. The first kappa shape index (κ1) is 20.5. The quantitative estimate of drug-likeness (QED) is 0.404. The molecule has 0 saturated carbocycles. The molecule has 0 radical (unpaired) electrons. The van der Waals surface area contributed by atoms with E-state index in [4.69, 9.17) is 0 Å². The lowest BCUT2D eigenvalue weighted by atomic mass is 10.1. The Labute approximate surface area is 200 Å². The van der Waals surface area contributed by atoms with Crippen LogP contribution in [0.25, 0.3) is 21.3 Å². The van der Waals surface area contributed by atoms with Gasteiger partial charge >= 0.3 is 0 Å². The zero-order chi connectivity index (χ0) is 22.4. The summed E-state index contributed by atoms with van der Waals surface area (Å²) in [6.45, 7) is 2.38. The molecule has 1 saturated heterocycles.